The van der Waals surface area contributed by atoms with E-state index in [1.165, 1.54) is 57.8 Å². The highest BCUT2D eigenvalue weighted by atomic mass is 16.6. The zero-order valence-corrected chi connectivity index (χ0v) is 29.5. The molecule has 13 heteroatoms. The summed E-state index contributed by atoms with van der Waals surface area (Å²) in [4.78, 5) is 10.3. The molecule has 0 unspecified atom stereocenters. The van der Waals surface area contributed by atoms with Gasteiger partial charge in [-0.15, -0.1) is 0 Å². The topological polar surface area (TPSA) is 139 Å². The number of carboxylic acid groups (broad SMARTS) is 1. The number of aliphatic carboxylic acids is 1. The molecule has 0 atom stereocenters. The highest BCUT2D eigenvalue weighted by Crippen LogP contribution is 2.10. The van der Waals surface area contributed by atoms with Gasteiger partial charge in [0.2, 0.25) is 0 Å². The first-order valence-electron chi connectivity index (χ1n) is 17.8. The minimum Gasteiger partial charge on any atom is -0.480 e. The summed E-state index contributed by atoms with van der Waals surface area (Å²) in [7, 11) is 0. The Hall–Kier alpha value is -0.970. The van der Waals surface area contributed by atoms with Crippen LogP contribution in [-0.2, 0) is 56.9 Å². The van der Waals surface area contributed by atoms with E-state index >= 15 is 0 Å². The van der Waals surface area contributed by atoms with Crippen LogP contribution in [0.1, 0.15) is 71.1 Å². The van der Waals surface area contributed by atoms with Gasteiger partial charge in [0.05, 0.1) is 132 Å². The number of hydrogen-bond acceptors (Lipinski definition) is 12. The van der Waals surface area contributed by atoms with Crippen molar-refractivity contribution in [3.63, 3.8) is 0 Å². The molecule has 0 aliphatic heterocycles. The van der Waals surface area contributed by atoms with E-state index in [1.807, 2.05) is 0 Å². The number of rotatable bonds is 43. The van der Waals surface area contributed by atoms with Crippen LogP contribution < -0.4 is 0 Å². The van der Waals surface area contributed by atoms with Crippen LogP contribution in [0.4, 0.5) is 0 Å². The van der Waals surface area contributed by atoms with Gasteiger partial charge in [-0.05, 0) is 6.42 Å². The second-order valence-electron chi connectivity index (χ2n) is 10.8. The highest BCUT2D eigenvalue weighted by Gasteiger charge is 1.98. The molecular formula is C34H68O13. The molecule has 0 fully saturated rings. The highest BCUT2D eigenvalue weighted by molar-refractivity contribution is 5.67. The molecule has 47 heavy (non-hydrogen) atoms. The number of unbranched alkanes of at least 4 members (excludes halogenated alkanes) is 9. The predicted octanol–water partition coefficient (Wildman–Crippen LogP) is 4.17. The summed E-state index contributed by atoms with van der Waals surface area (Å²) in [5.74, 6) is -0.993. The van der Waals surface area contributed by atoms with E-state index in [0.717, 1.165) is 13.0 Å². The van der Waals surface area contributed by atoms with Crippen molar-refractivity contribution in [1.82, 2.24) is 0 Å². The van der Waals surface area contributed by atoms with Crippen LogP contribution in [0.15, 0.2) is 0 Å². The molecule has 0 rings (SSSR count). The maximum absolute atomic E-state index is 10.3. The summed E-state index contributed by atoms with van der Waals surface area (Å²) in [6.45, 7) is 12.6. The molecule has 0 aromatic heterocycles. The number of carboxylic acids is 1. The van der Waals surface area contributed by atoms with E-state index < -0.39 is 5.97 Å². The molecular weight excluding hydrogens is 616 g/mol. The van der Waals surface area contributed by atoms with Crippen molar-refractivity contribution in [3.05, 3.63) is 0 Å². The Bertz CT molecular complexity index is 586. The van der Waals surface area contributed by atoms with Gasteiger partial charge in [-0.3, -0.25) is 0 Å². The van der Waals surface area contributed by atoms with Gasteiger partial charge < -0.3 is 57.2 Å². The normalized spacial score (nSPS) is 11.5. The van der Waals surface area contributed by atoms with Crippen LogP contribution >= 0.6 is 0 Å². The van der Waals surface area contributed by atoms with Crippen LogP contribution in [0, 0.1) is 0 Å². The Balaban J connectivity index is 3.04. The largest absolute Gasteiger partial charge is 0.480 e. The van der Waals surface area contributed by atoms with Crippen molar-refractivity contribution >= 4 is 5.97 Å². The van der Waals surface area contributed by atoms with Crippen LogP contribution in [0.2, 0.25) is 0 Å². The predicted molar refractivity (Wildman–Crippen MR) is 178 cm³/mol. The third-order valence-electron chi connectivity index (χ3n) is 6.59. The van der Waals surface area contributed by atoms with Crippen molar-refractivity contribution < 1.29 is 62.0 Å². The monoisotopic (exact) mass is 684 g/mol. The molecule has 0 aliphatic carbocycles. The van der Waals surface area contributed by atoms with Gasteiger partial charge in [-0.25, -0.2) is 4.79 Å². The molecule has 0 aromatic carbocycles. The lowest BCUT2D eigenvalue weighted by Crippen LogP contribution is -2.15. The van der Waals surface area contributed by atoms with Crippen molar-refractivity contribution in [3.8, 4) is 0 Å². The summed E-state index contributed by atoms with van der Waals surface area (Å²) in [6.07, 6.45) is 13.4. The third-order valence-corrected chi connectivity index (χ3v) is 6.59. The van der Waals surface area contributed by atoms with E-state index in [4.69, 9.17) is 57.2 Å². The number of carbonyl (C=O) groups is 1. The molecule has 0 saturated carbocycles. The molecule has 1 N–H and O–H groups in total. The average Bonchev–Trinajstić information content (AvgIpc) is 3.07. The van der Waals surface area contributed by atoms with E-state index in [9.17, 15) is 4.79 Å². The fraction of sp³-hybridized carbons (Fsp3) is 0.971. The molecule has 0 bridgehead atoms. The quantitative estimate of drug-likeness (QED) is 0.0921. The first-order chi connectivity index (χ1) is 23.3. The molecule has 0 amide bonds. The molecule has 0 aromatic rings. The molecule has 0 heterocycles. The number of ether oxygens (including phenoxy) is 11. The molecule has 0 aliphatic rings. The van der Waals surface area contributed by atoms with Crippen LogP contribution in [-0.4, -0.2) is 156 Å². The second kappa shape index (κ2) is 43.1. The fourth-order valence-corrected chi connectivity index (χ4v) is 4.05. The standard InChI is InChI=1S/C34H68O13/c1-2-3-4-5-6-7-8-9-10-11-12-37-13-14-38-15-16-39-17-18-40-19-20-41-21-22-42-23-24-43-25-26-44-27-28-45-29-30-46-31-32-47-33-34(35)36/h2-33H2,1H3,(H,35,36). The SMILES string of the molecule is CCCCCCCCCCCCOCCOCCOCCOCCOCCOCCOCCOCCOCCOCCOCC(=O)O. The molecule has 0 spiro atoms. The Kier molecular flexibility index (Phi) is 42.2. The van der Waals surface area contributed by atoms with Crippen molar-refractivity contribution in [2.45, 2.75) is 71.1 Å². The van der Waals surface area contributed by atoms with E-state index in [2.05, 4.69) is 6.92 Å². The van der Waals surface area contributed by atoms with Crippen molar-refractivity contribution in [1.29, 1.82) is 0 Å². The minimum atomic E-state index is -0.993. The lowest BCUT2D eigenvalue weighted by atomic mass is 10.1. The first kappa shape index (κ1) is 46.0. The summed E-state index contributed by atoms with van der Waals surface area (Å²) < 4.78 is 59.5. The van der Waals surface area contributed by atoms with Crippen LogP contribution in [0.5, 0.6) is 0 Å². The molecule has 0 radical (unpaired) electrons. The summed E-state index contributed by atoms with van der Waals surface area (Å²) in [6, 6.07) is 0. The first-order valence-corrected chi connectivity index (χ1v) is 17.8. The maximum Gasteiger partial charge on any atom is 0.329 e. The van der Waals surface area contributed by atoms with Gasteiger partial charge in [-0.2, -0.15) is 0 Å². The third kappa shape index (κ3) is 45.0. The zero-order valence-electron chi connectivity index (χ0n) is 29.5. The van der Waals surface area contributed by atoms with Gasteiger partial charge in [-0.1, -0.05) is 64.7 Å². The molecule has 13 nitrogen and oxygen atoms in total. The van der Waals surface area contributed by atoms with Crippen LogP contribution in [0.25, 0.3) is 0 Å². The summed E-state index contributed by atoms with van der Waals surface area (Å²) in [5.41, 5.74) is 0. The van der Waals surface area contributed by atoms with Gasteiger partial charge >= 0.3 is 5.97 Å². The smallest absolute Gasteiger partial charge is 0.329 e. The van der Waals surface area contributed by atoms with E-state index in [1.54, 1.807) is 0 Å². The molecule has 282 valence electrons. The van der Waals surface area contributed by atoms with E-state index in [-0.39, 0.29) is 13.2 Å². The van der Waals surface area contributed by atoms with Crippen LogP contribution in [0.3, 0.4) is 0 Å². The summed E-state index contributed by atoms with van der Waals surface area (Å²) >= 11 is 0. The lowest BCUT2D eigenvalue weighted by Gasteiger charge is -2.09. The Morgan fingerprint density at radius 3 is 0.787 bits per heavy atom. The van der Waals surface area contributed by atoms with Crippen molar-refractivity contribution in [2.24, 2.45) is 0 Å². The fourth-order valence-electron chi connectivity index (χ4n) is 4.05. The Morgan fingerprint density at radius 1 is 0.319 bits per heavy atom. The van der Waals surface area contributed by atoms with E-state index in [0.29, 0.717) is 126 Å². The minimum absolute atomic E-state index is 0.245. The lowest BCUT2D eigenvalue weighted by molar-refractivity contribution is -0.142. The summed E-state index contributed by atoms with van der Waals surface area (Å²) in [5, 5.41) is 8.43. The zero-order chi connectivity index (χ0) is 34.0. The maximum atomic E-state index is 10.3. The second-order valence-corrected chi connectivity index (χ2v) is 10.8. The Labute approximate surface area is 284 Å². The van der Waals surface area contributed by atoms with Gasteiger partial charge in [0.1, 0.15) is 6.61 Å². The average molecular weight is 685 g/mol. The van der Waals surface area contributed by atoms with Gasteiger partial charge in [0.25, 0.3) is 0 Å². The van der Waals surface area contributed by atoms with Gasteiger partial charge in [0.15, 0.2) is 0 Å². The molecule has 0 saturated heterocycles. The number of hydrogen-bond donors (Lipinski definition) is 1. The Morgan fingerprint density at radius 2 is 0.532 bits per heavy atom. The van der Waals surface area contributed by atoms with Gasteiger partial charge in [0, 0.05) is 6.61 Å². The van der Waals surface area contributed by atoms with Crippen molar-refractivity contribution in [2.75, 3.05) is 145 Å².